The van der Waals surface area contributed by atoms with Crippen LogP contribution in [-0.2, 0) is 16.1 Å². The lowest BCUT2D eigenvalue weighted by molar-refractivity contribution is -0.0968. The van der Waals surface area contributed by atoms with Crippen molar-refractivity contribution in [2.45, 2.75) is 46.5 Å². The van der Waals surface area contributed by atoms with Crippen molar-refractivity contribution in [1.82, 2.24) is 14.9 Å². The number of nitrogen functional groups attached to an aromatic ring is 1. The molecule has 0 saturated carbocycles. The molecule has 6 N–H and O–H groups in total. The smallest absolute Gasteiger partial charge is 0.388 e. The minimum absolute atomic E-state index is 0.0551. The van der Waals surface area contributed by atoms with Crippen LogP contribution in [0.5, 0.6) is 0 Å². The van der Waals surface area contributed by atoms with Crippen molar-refractivity contribution >= 4 is 22.6 Å². The fourth-order valence-electron chi connectivity index (χ4n) is 3.78. The molecular weight excluding hydrogens is 446 g/mol. The maximum Gasteiger partial charge on any atom is 0.388 e. The minimum atomic E-state index is -3.03. The Morgan fingerprint density at radius 1 is 1.38 bits per heavy atom. The van der Waals surface area contributed by atoms with Gasteiger partial charge in [-0.2, -0.15) is 8.78 Å². The van der Waals surface area contributed by atoms with Crippen LogP contribution < -0.4 is 17.2 Å². The monoisotopic (exact) mass is 476 g/mol. The number of carbonyl (C=O) groups excluding carboxylic acids is 1. The molecule has 34 heavy (non-hydrogen) atoms. The van der Waals surface area contributed by atoms with Crippen molar-refractivity contribution in [3.05, 3.63) is 52.8 Å². The topological polar surface area (TPSA) is 143 Å². The fraction of sp³-hybridized carbons (Fsp3) is 0.435. The Bertz CT molecular complexity index is 1120. The van der Waals surface area contributed by atoms with Crippen LogP contribution in [0.2, 0.25) is 0 Å². The molecule has 0 radical (unpaired) electrons. The van der Waals surface area contributed by atoms with Crippen molar-refractivity contribution in [3.63, 3.8) is 0 Å². The van der Waals surface area contributed by atoms with Crippen molar-refractivity contribution in [1.29, 1.82) is 0 Å². The Morgan fingerprint density at radius 3 is 2.79 bits per heavy atom. The second-order valence-corrected chi connectivity index (χ2v) is 8.32. The summed E-state index contributed by atoms with van der Waals surface area (Å²) in [5, 5.41) is 0.763. The zero-order valence-electron chi connectivity index (χ0n) is 19.4. The number of amides is 1. The number of pyridine rings is 2. The van der Waals surface area contributed by atoms with Gasteiger partial charge in [-0.25, -0.2) is 9.97 Å². The highest BCUT2D eigenvalue weighted by Crippen LogP contribution is 2.37. The number of rotatable bonds is 9. The summed E-state index contributed by atoms with van der Waals surface area (Å²) in [6.45, 7) is 3.76. The minimum Gasteiger partial charge on any atom is -0.420 e. The maximum absolute atomic E-state index is 13.4. The van der Waals surface area contributed by atoms with Gasteiger partial charge in [0.15, 0.2) is 5.88 Å². The number of allylic oxidation sites excluding steroid dienone is 2. The van der Waals surface area contributed by atoms with Gasteiger partial charge in [-0.1, -0.05) is 20.3 Å². The molecule has 0 bridgehead atoms. The van der Waals surface area contributed by atoms with Crippen molar-refractivity contribution in [2.24, 2.45) is 17.4 Å². The van der Waals surface area contributed by atoms with Crippen LogP contribution in [-0.4, -0.2) is 40.5 Å². The van der Waals surface area contributed by atoms with E-state index in [1.54, 1.807) is 11.0 Å². The number of nitrogens with two attached hydrogens (primary N) is 3. The van der Waals surface area contributed by atoms with Gasteiger partial charge in [-0.15, -0.1) is 0 Å². The molecule has 2 atom stereocenters. The first-order chi connectivity index (χ1) is 16.1. The first kappa shape index (κ1) is 25.2. The van der Waals surface area contributed by atoms with E-state index in [-0.39, 0.29) is 35.9 Å². The summed E-state index contributed by atoms with van der Waals surface area (Å²) in [6.07, 6.45) is 4.65. The number of carbonyl (C=O) groups is 1. The van der Waals surface area contributed by atoms with Crippen LogP contribution in [0.3, 0.4) is 0 Å². The number of anilines is 1. The summed E-state index contributed by atoms with van der Waals surface area (Å²) in [5.74, 6) is -0.212. The van der Waals surface area contributed by atoms with E-state index in [2.05, 4.69) is 14.7 Å². The molecule has 0 aliphatic carbocycles. The van der Waals surface area contributed by atoms with E-state index in [9.17, 15) is 13.6 Å². The average Bonchev–Trinajstić information content (AvgIpc) is 3.18. The molecule has 1 aliphatic heterocycles. The number of fused-ring (bicyclic) bond motifs is 3. The maximum atomic E-state index is 13.4. The molecular formula is C23H30F2N6O3. The van der Waals surface area contributed by atoms with Gasteiger partial charge in [0, 0.05) is 23.2 Å². The van der Waals surface area contributed by atoms with Crippen LogP contribution in [0.15, 0.2) is 36.0 Å². The van der Waals surface area contributed by atoms with Gasteiger partial charge in [0.1, 0.15) is 11.5 Å². The summed E-state index contributed by atoms with van der Waals surface area (Å²) in [5.41, 5.74) is 20.3. The highest BCUT2D eigenvalue weighted by atomic mass is 19.3. The second-order valence-electron chi connectivity index (χ2n) is 8.32. The fourth-order valence-corrected chi connectivity index (χ4v) is 3.78. The molecule has 3 heterocycles. The molecule has 11 heteroatoms. The number of halogens is 2. The summed E-state index contributed by atoms with van der Waals surface area (Å²) in [7, 11) is 0. The predicted octanol–water partition coefficient (Wildman–Crippen LogP) is 3.17. The zero-order valence-corrected chi connectivity index (χ0v) is 19.4. The number of hydrogen-bond donors (Lipinski definition) is 3. The number of alkyl halides is 2. The molecule has 2 aromatic rings. The van der Waals surface area contributed by atoms with Crippen LogP contribution in [0.25, 0.3) is 10.9 Å². The van der Waals surface area contributed by atoms with Crippen LogP contribution in [0.4, 0.5) is 14.6 Å². The van der Waals surface area contributed by atoms with Gasteiger partial charge < -0.3 is 31.6 Å². The number of hydrogen-bond acceptors (Lipinski definition) is 8. The molecule has 1 aliphatic rings. The first-order valence-electron chi connectivity index (χ1n) is 11.0. The SMILES string of the molecule is CCC(C)CN(C/C(N)=C/C=C(\N)OC(F)F)C(=O)c1cc2c3c(c(N)nc2cn1)C(C)OC3. The first-order valence-corrected chi connectivity index (χ1v) is 11.0. The second kappa shape index (κ2) is 10.6. The Hall–Kier alpha value is -3.47. The predicted molar refractivity (Wildman–Crippen MR) is 124 cm³/mol. The standard InChI is InChI=1S/C23H30F2N6O3/c1-4-12(2)9-31(10-14(26)5-6-19(27)34-23(24)25)22(32)17-7-15-16-11-33-13(3)20(16)21(28)30-18(15)8-29-17/h5-8,12-13,23H,4,9-11,26-27H2,1-3H3,(H2,28,30)/b14-5-,19-6+. The third kappa shape index (κ3) is 5.71. The molecule has 2 aromatic heterocycles. The molecule has 0 spiro atoms. The van der Waals surface area contributed by atoms with Gasteiger partial charge >= 0.3 is 6.61 Å². The summed E-state index contributed by atoms with van der Waals surface area (Å²) in [6, 6.07) is 1.70. The van der Waals surface area contributed by atoms with Crippen LogP contribution in [0.1, 0.15) is 54.9 Å². The van der Waals surface area contributed by atoms with Gasteiger partial charge in [-0.05, 0) is 36.6 Å². The molecule has 0 fully saturated rings. The number of nitrogens with zero attached hydrogens (tertiary/aromatic N) is 3. The average molecular weight is 477 g/mol. The Morgan fingerprint density at radius 2 is 2.12 bits per heavy atom. The van der Waals surface area contributed by atoms with Crippen molar-refractivity contribution in [3.8, 4) is 0 Å². The quantitative estimate of drug-likeness (QED) is 0.370. The van der Waals surface area contributed by atoms with Gasteiger partial charge in [0.2, 0.25) is 0 Å². The van der Waals surface area contributed by atoms with E-state index in [4.69, 9.17) is 21.9 Å². The molecule has 2 unspecified atom stereocenters. The van der Waals surface area contributed by atoms with Gasteiger partial charge in [0.25, 0.3) is 5.91 Å². The van der Waals surface area contributed by atoms with E-state index in [1.165, 1.54) is 12.3 Å². The Labute approximate surface area is 196 Å². The third-order valence-electron chi connectivity index (χ3n) is 5.73. The van der Waals surface area contributed by atoms with E-state index < -0.39 is 12.5 Å². The lowest BCUT2D eigenvalue weighted by Crippen LogP contribution is -2.38. The third-order valence-corrected chi connectivity index (χ3v) is 5.73. The van der Waals surface area contributed by atoms with Gasteiger partial charge in [0.05, 0.1) is 31.0 Å². The van der Waals surface area contributed by atoms with E-state index in [0.29, 0.717) is 24.5 Å². The summed E-state index contributed by atoms with van der Waals surface area (Å²) >= 11 is 0. The molecule has 0 saturated heterocycles. The van der Waals surface area contributed by atoms with E-state index in [1.807, 2.05) is 20.8 Å². The number of aromatic nitrogens is 2. The lowest BCUT2D eigenvalue weighted by atomic mass is 10.0. The van der Waals surface area contributed by atoms with Gasteiger partial charge in [-0.3, -0.25) is 4.79 Å². The largest absolute Gasteiger partial charge is 0.420 e. The lowest BCUT2D eigenvalue weighted by Gasteiger charge is -2.25. The highest BCUT2D eigenvalue weighted by Gasteiger charge is 2.27. The Balaban J connectivity index is 1.91. The van der Waals surface area contributed by atoms with Crippen LogP contribution >= 0.6 is 0 Å². The molecule has 3 rings (SSSR count). The van der Waals surface area contributed by atoms with Crippen molar-refractivity contribution < 1.29 is 23.0 Å². The van der Waals surface area contributed by atoms with Crippen molar-refractivity contribution in [2.75, 3.05) is 18.8 Å². The molecule has 9 nitrogen and oxygen atoms in total. The molecule has 184 valence electrons. The van der Waals surface area contributed by atoms with E-state index >= 15 is 0 Å². The summed E-state index contributed by atoms with van der Waals surface area (Å²) < 4.78 is 34.3. The zero-order chi connectivity index (χ0) is 25.0. The summed E-state index contributed by atoms with van der Waals surface area (Å²) in [4.78, 5) is 23.7. The molecule has 0 aromatic carbocycles. The number of ether oxygens (including phenoxy) is 2. The highest BCUT2D eigenvalue weighted by molar-refractivity contribution is 5.97. The van der Waals surface area contributed by atoms with E-state index in [0.717, 1.165) is 29.0 Å². The molecule has 1 amide bonds. The normalized spacial score (nSPS) is 17.2. The van der Waals surface area contributed by atoms with Crippen LogP contribution in [0, 0.1) is 5.92 Å². The Kier molecular flexibility index (Phi) is 7.87.